The third kappa shape index (κ3) is 2.90. The summed E-state index contributed by atoms with van der Waals surface area (Å²) in [4.78, 5) is 30.7. The fraction of sp³-hybridized carbons (Fsp3) is 0.850. The molecule has 1 aliphatic carbocycles. The van der Waals surface area contributed by atoms with Gasteiger partial charge in [-0.2, -0.15) is 5.21 Å². The number of fused-ring (bicyclic) bond motifs is 1. The highest BCUT2D eigenvalue weighted by Crippen LogP contribution is 2.58. The molecule has 9 nitrogen and oxygen atoms in total. The maximum atomic E-state index is 13.6. The van der Waals surface area contributed by atoms with E-state index in [4.69, 9.17) is 0 Å². The van der Waals surface area contributed by atoms with Gasteiger partial charge in [0.1, 0.15) is 17.5 Å². The second kappa shape index (κ2) is 6.91. The Bertz CT molecular complexity index is 834. The average molecular weight is 434 g/mol. The van der Waals surface area contributed by atoms with E-state index in [0.717, 1.165) is 12.8 Å². The van der Waals surface area contributed by atoms with Crippen LogP contribution >= 0.6 is 11.8 Å². The lowest BCUT2D eigenvalue weighted by atomic mass is 9.91. The molecule has 1 saturated carbocycles. The molecule has 4 atom stereocenters. The number of aromatic amines is 1. The monoisotopic (exact) mass is 433 g/mol. The molecule has 5 rings (SSSR count). The molecule has 30 heavy (non-hydrogen) atoms. The number of aromatic nitrogens is 4. The zero-order chi connectivity index (χ0) is 21.3. The molecule has 1 aromatic heterocycles. The average Bonchev–Trinajstić information content (AvgIpc) is 3.25. The summed E-state index contributed by atoms with van der Waals surface area (Å²) in [5.41, 5.74) is -0.546. The van der Waals surface area contributed by atoms with Gasteiger partial charge in [0.25, 0.3) is 0 Å². The van der Waals surface area contributed by atoms with Crippen molar-refractivity contribution in [3.8, 4) is 0 Å². The summed E-state index contributed by atoms with van der Waals surface area (Å²) in [6, 6.07) is -0.884. The van der Waals surface area contributed by atoms with Crippen LogP contribution in [0.25, 0.3) is 0 Å². The van der Waals surface area contributed by atoms with E-state index < -0.39 is 11.7 Å². The van der Waals surface area contributed by atoms with Crippen molar-refractivity contribution in [2.24, 2.45) is 5.92 Å². The molecule has 2 amide bonds. The number of nitrogens with zero attached hydrogens (tertiary/aromatic N) is 5. The number of nitrogens with one attached hydrogen (secondary N) is 2. The number of tetrazole rings is 1. The molecule has 0 aromatic carbocycles. The van der Waals surface area contributed by atoms with Gasteiger partial charge in [0.15, 0.2) is 5.82 Å². The van der Waals surface area contributed by atoms with E-state index in [9.17, 15) is 9.59 Å². The van der Waals surface area contributed by atoms with Crippen LogP contribution in [0.5, 0.6) is 0 Å². The Balaban J connectivity index is 1.41. The number of carbonyl (C=O) groups excluding carboxylic acids is 2. The minimum atomic E-state index is -0.546. The third-order valence-corrected chi connectivity index (χ3v) is 8.84. The molecule has 2 N–H and O–H groups in total. The first-order chi connectivity index (χ1) is 14.2. The molecule has 0 spiro atoms. The quantitative estimate of drug-likeness (QED) is 0.553. The summed E-state index contributed by atoms with van der Waals surface area (Å²) < 4.78 is -0.264. The first kappa shape index (κ1) is 20.2. The molecule has 3 saturated heterocycles. The summed E-state index contributed by atoms with van der Waals surface area (Å²) in [5.74, 6) is 0.961. The Morgan fingerprint density at radius 2 is 1.73 bits per heavy atom. The Labute approximate surface area is 181 Å². The van der Waals surface area contributed by atoms with Crippen molar-refractivity contribution in [2.75, 3.05) is 0 Å². The second-order valence-corrected chi connectivity index (χ2v) is 11.9. The predicted octanol–water partition coefficient (Wildman–Crippen LogP) is 1.81. The van der Waals surface area contributed by atoms with Crippen LogP contribution in [-0.2, 0) is 9.59 Å². The van der Waals surface area contributed by atoms with Gasteiger partial charge in [0.2, 0.25) is 11.8 Å². The van der Waals surface area contributed by atoms with E-state index in [1.54, 1.807) is 11.8 Å². The Kier molecular flexibility index (Phi) is 4.66. The Morgan fingerprint density at radius 1 is 1.03 bits per heavy atom. The third-order valence-electron chi connectivity index (χ3n) is 7.28. The van der Waals surface area contributed by atoms with E-state index in [2.05, 4.69) is 39.8 Å². The fourth-order valence-corrected chi connectivity index (χ4v) is 7.60. The predicted molar refractivity (Wildman–Crippen MR) is 112 cm³/mol. The Hall–Kier alpha value is -1.68. The highest BCUT2D eigenvalue weighted by atomic mass is 32.2. The van der Waals surface area contributed by atoms with Crippen LogP contribution in [0.4, 0.5) is 0 Å². The minimum Gasteiger partial charge on any atom is -0.314 e. The van der Waals surface area contributed by atoms with E-state index in [-0.39, 0.29) is 34.0 Å². The van der Waals surface area contributed by atoms with Crippen LogP contribution in [0.15, 0.2) is 0 Å². The van der Waals surface area contributed by atoms with E-state index in [1.165, 1.54) is 25.7 Å². The maximum absolute atomic E-state index is 13.6. The number of H-pyrrole nitrogens is 1. The zero-order valence-electron chi connectivity index (χ0n) is 18.1. The summed E-state index contributed by atoms with van der Waals surface area (Å²) in [7, 11) is 0. The van der Waals surface area contributed by atoms with Gasteiger partial charge < -0.3 is 9.80 Å². The smallest absolute Gasteiger partial charge is 0.250 e. The highest BCUT2D eigenvalue weighted by molar-refractivity contribution is 8.01. The van der Waals surface area contributed by atoms with Gasteiger partial charge in [0, 0.05) is 4.75 Å². The lowest BCUT2D eigenvalue weighted by molar-refractivity contribution is -0.165. The summed E-state index contributed by atoms with van der Waals surface area (Å²) in [6.45, 7) is 8.26. The molecule has 164 valence electrons. The molecule has 1 aromatic rings. The van der Waals surface area contributed by atoms with Crippen LogP contribution in [0, 0.1) is 5.92 Å². The summed E-state index contributed by atoms with van der Waals surface area (Å²) in [5, 5.41) is 18.0. The van der Waals surface area contributed by atoms with Crippen molar-refractivity contribution >= 4 is 23.6 Å². The lowest BCUT2D eigenvalue weighted by Crippen LogP contribution is -2.71. The van der Waals surface area contributed by atoms with Crippen molar-refractivity contribution in [1.29, 1.82) is 0 Å². The maximum Gasteiger partial charge on any atom is 0.250 e. The van der Waals surface area contributed by atoms with Gasteiger partial charge >= 0.3 is 0 Å². The number of hydrogen-bond donors (Lipinski definition) is 2. The molecule has 4 aliphatic rings. The van der Waals surface area contributed by atoms with Crippen LogP contribution in [0.2, 0.25) is 0 Å². The zero-order valence-corrected chi connectivity index (χ0v) is 18.9. The van der Waals surface area contributed by atoms with Gasteiger partial charge in [0.05, 0.1) is 11.7 Å². The fourth-order valence-electron chi connectivity index (χ4n) is 5.92. The van der Waals surface area contributed by atoms with Crippen LogP contribution in [-0.4, -0.2) is 70.1 Å². The van der Waals surface area contributed by atoms with Crippen LogP contribution < -0.4 is 5.32 Å². The number of carbonyl (C=O) groups is 2. The van der Waals surface area contributed by atoms with Gasteiger partial charge in [-0.1, -0.05) is 30.9 Å². The van der Waals surface area contributed by atoms with Crippen LogP contribution in [0.1, 0.15) is 78.1 Å². The van der Waals surface area contributed by atoms with Gasteiger partial charge in [-0.3, -0.25) is 14.9 Å². The molecule has 0 bridgehead atoms. The highest BCUT2D eigenvalue weighted by Gasteiger charge is 2.68. The molecule has 3 unspecified atom stereocenters. The first-order valence-corrected chi connectivity index (χ1v) is 11.9. The molecule has 3 aliphatic heterocycles. The van der Waals surface area contributed by atoms with Crippen molar-refractivity contribution in [2.45, 2.75) is 100 Å². The van der Waals surface area contributed by atoms with Crippen LogP contribution in [0.3, 0.4) is 0 Å². The molecule has 0 radical (unpaired) electrons. The lowest BCUT2D eigenvalue weighted by Gasteiger charge is -2.50. The van der Waals surface area contributed by atoms with Gasteiger partial charge in [-0.25, -0.2) is 0 Å². The van der Waals surface area contributed by atoms with E-state index >= 15 is 0 Å². The van der Waals surface area contributed by atoms with Crippen molar-refractivity contribution in [3.63, 3.8) is 0 Å². The van der Waals surface area contributed by atoms with Gasteiger partial charge in [-0.15, -0.1) is 22.0 Å². The van der Waals surface area contributed by atoms with E-state index in [0.29, 0.717) is 11.7 Å². The van der Waals surface area contributed by atoms with Crippen molar-refractivity contribution in [1.82, 2.24) is 35.7 Å². The number of hydrogen-bond acceptors (Lipinski definition) is 7. The number of β-lactam (4-membered cyclic amide) rings is 1. The topological polar surface area (TPSA) is 107 Å². The van der Waals surface area contributed by atoms with Crippen molar-refractivity contribution < 1.29 is 9.59 Å². The number of thioether (sulfide) groups is 1. The molecule has 4 fully saturated rings. The van der Waals surface area contributed by atoms with Crippen molar-refractivity contribution in [3.05, 3.63) is 5.82 Å². The molecule has 10 heteroatoms. The SMILES string of the molecule is CC1(C)S[C@H]2C(N3C(=O)C(C4CCCCCC4)NC3(C)C)C(=O)N2C1c1nn[nH]n1. The molecule has 4 heterocycles. The van der Waals surface area contributed by atoms with E-state index in [1.807, 2.05) is 23.6 Å². The summed E-state index contributed by atoms with van der Waals surface area (Å²) >= 11 is 1.73. The minimum absolute atomic E-state index is 0.0161. The Morgan fingerprint density at radius 3 is 2.37 bits per heavy atom. The molecular weight excluding hydrogens is 402 g/mol. The normalized spacial score (nSPS) is 36.0. The number of amides is 2. The standard InChI is InChI=1S/C20H31N7O2S/c1-19(2)14(15-22-24-25-23-15)26-17(29)13(18(26)30-19)27-16(28)12(21-20(27,3)4)11-9-7-5-6-8-10-11/h11-14,18,21H,5-10H2,1-4H3,(H,22,23,24,25)/t12?,13?,14?,18-/m0/s1. The van der Waals surface area contributed by atoms with Gasteiger partial charge in [-0.05, 0) is 46.5 Å². The number of rotatable bonds is 3. The first-order valence-electron chi connectivity index (χ1n) is 11.1. The molecular formula is C20H31N7O2S. The largest absolute Gasteiger partial charge is 0.314 e. The second-order valence-electron chi connectivity index (χ2n) is 10.1. The summed E-state index contributed by atoms with van der Waals surface area (Å²) in [6.07, 6.45) is 7.06.